The van der Waals surface area contributed by atoms with Crippen LogP contribution in [-0.4, -0.2) is 48.9 Å². The Morgan fingerprint density at radius 2 is 1.87 bits per heavy atom. The number of aromatic nitrogens is 2. The quantitative estimate of drug-likeness (QED) is 0.645. The monoisotopic (exact) mass is 411 g/mol. The number of carbonyl (C=O) groups excluding carboxylic acids is 2. The molecule has 0 aliphatic carbocycles. The number of methoxy groups -OCH3 is 3. The number of ether oxygens (including phenoxy) is 3. The lowest BCUT2D eigenvalue weighted by molar-refractivity contribution is -0.140. The molecule has 158 valence electrons. The molecule has 0 radical (unpaired) electrons. The SMILES string of the molecule is COC(=O)CCC1=C(CC(=O)OC)C(C)=N/C1=C\c1[nH]c(-c2ccc[nH]2)cc1OC. The zero-order valence-electron chi connectivity index (χ0n) is 17.5. The van der Waals surface area contributed by atoms with E-state index in [1.807, 2.05) is 37.4 Å². The van der Waals surface area contributed by atoms with Gasteiger partial charge in [0.25, 0.3) is 0 Å². The van der Waals surface area contributed by atoms with Gasteiger partial charge in [-0.1, -0.05) is 0 Å². The topological polar surface area (TPSA) is 106 Å². The number of esters is 2. The first kappa shape index (κ1) is 21.2. The van der Waals surface area contributed by atoms with Crippen LogP contribution >= 0.6 is 0 Å². The molecular weight excluding hydrogens is 386 g/mol. The molecular formula is C22H25N3O5. The van der Waals surface area contributed by atoms with Crippen molar-refractivity contribution >= 4 is 23.7 Å². The lowest BCUT2D eigenvalue weighted by Crippen LogP contribution is -2.08. The summed E-state index contributed by atoms with van der Waals surface area (Å²) in [4.78, 5) is 34.7. The summed E-state index contributed by atoms with van der Waals surface area (Å²) in [6.45, 7) is 1.84. The predicted octanol–water partition coefficient (Wildman–Crippen LogP) is 3.65. The number of aromatic amines is 2. The van der Waals surface area contributed by atoms with Crippen molar-refractivity contribution in [2.24, 2.45) is 4.99 Å². The van der Waals surface area contributed by atoms with E-state index in [2.05, 4.69) is 15.0 Å². The maximum absolute atomic E-state index is 11.9. The third-order valence-corrected chi connectivity index (χ3v) is 4.95. The molecule has 3 rings (SSSR count). The van der Waals surface area contributed by atoms with Gasteiger partial charge in [0.1, 0.15) is 5.75 Å². The molecule has 0 amide bonds. The summed E-state index contributed by atoms with van der Waals surface area (Å²) in [6, 6.07) is 5.77. The molecule has 0 atom stereocenters. The van der Waals surface area contributed by atoms with E-state index < -0.39 is 0 Å². The van der Waals surface area contributed by atoms with Crippen molar-refractivity contribution in [2.45, 2.75) is 26.2 Å². The molecule has 0 aromatic carbocycles. The van der Waals surface area contributed by atoms with Crippen molar-refractivity contribution < 1.29 is 23.8 Å². The molecule has 8 heteroatoms. The van der Waals surface area contributed by atoms with Gasteiger partial charge in [-0.3, -0.25) is 14.6 Å². The Morgan fingerprint density at radius 3 is 2.50 bits per heavy atom. The molecule has 2 N–H and O–H groups in total. The van der Waals surface area contributed by atoms with E-state index in [1.165, 1.54) is 14.2 Å². The van der Waals surface area contributed by atoms with E-state index >= 15 is 0 Å². The summed E-state index contributed by atoms with van der Waals surface area (Å²) < 4.78 is 15.1. The summed E-state index contributed by atoms with van der Waals surface area (Å²) in [5.74, 6) is -0.0214. The van der Waals surface area contributed by atoms with Crippen LogP contribution in [0.15, 0.2) is 46.2 Å². The van der Waals surface area contributed by atoms with Crippen molar-refractivity contribution in [1.82, 2.24) is 9.97 Å². The van der Waals surface area contributed by atoms with Gasteiger partial charge in [0.05, 0.1) is 50.5 Å². The van der Waals surface area contributed by atoms with E-state index in [4.69, 9.17) is 14.2 Å². The zero-order valence-corrected chi connectivity index (χ0v) is 17.5. The van der Waals surface area contributed by atoms with Gasteiger partial charge in [-0.15, -0.1) is 0 Å². The van der Waals surface area contributed by atoms with Crippen LogP contribution in [0.2, 0.25) is 0 Å². The molecule has 0 saturated carbocycles. The Balaban J connectivity index is 2.00. The first-order valence-corrected chi connectivity index (χ1v) is 9.51. The molecule has 2 aromatic rings. The molecule has 30 heavy (non-hydrogen) atoms. The average Bonchev–Trinajstić information content (AvgIpc) is 3.47. The van der Waals surface area contributed by atoms with Gasteiger partial charge in [-0.05, 0) is 42.7 Å². The van der Waals surface area contributed by atoms with Crippen LogP contribution in [0.25, 0.3) is 17.5 Å². The van der Waals surface area contributed by atoms with Crippen LogP contribution in [0.4, 0.5) is 0 Å². The van der Waals surface area contributed by atoms with E-state index in [-0.39, 0.29) is 24.8 Å². The van der Waals surface area contributed by atoms with Crippen LogP contribution in [0.1, 0.15) is 31.9 Å². The van der Waals surface area contributed by atoms with Gasteiger partial charge in [0.2, 0.25) is 0 Å². The summed E-state index contributed by atoms with van der Waals surface area (Å²) >= 11 is 0. The number of carbonyl (C=O) groups is 2. The number of rotatable bonds is 8. The highest BCUT2D eigenvalue weighted by Crippen LogP contribution is 2.35. The number of H-pyrrole nitrogens is 2. The van der Waals surface area contributed by atoms with Gasteiger partial charge in [0, 0.05) is 24.4 Å². The van der Waals surface area contributed by atoms with Gasteiger partial charge < -0.3 is 24.2 Å². The first-order chi connectivity index (χ1) is 14.5. The Morgan fingerprint density at radius 1 is 1.10 bits per heavy atom. The standard InChI is InChI=1S/C22H25N3O5/c1-13-15(10-22(27)30-4)14(7-8-21(26)29-3)17(24-13)11-19-20(28-2)12-18(25-19)16-6-5-9-23-16/h5-6,9,11-12,23,25H,7-8,10H2,1-4H3/b17-11-. The van der Waals surface area contributed by atoms with Gasteiger partial charge >= 0.3 is 11.9 Å². The second kappa shape index (κ2) is 9.30. The second-order valence-electron chi connectivity index (χ2n) is 6.76. The minimum atomic E-state index is -0.358. The van der Waals surface area contributed by atoms with Crippen molar-refractivity contribution in [3.8, 4) is 17.1 Å². The van der Waals surface area contributed by atoms with Crippen LogP contribution in [-0.2, 0) is 19.1 Å². The summed E-state index contributed by atoms with van der Waals surface area (Å²) in [5.41, 5.74) is 5.53. The third kappa shape index (κ3) is 4.53. The lowest BCUT2D eigenvalue weighted by atomic mass is 9.97. The molecule has 8 nitrogen and oxygen atoms in total. The highest BCUT2D eigenvalue weighted by Gasteiger charge is 2.25. The number of hydrogen-bond donors (Lipinski definition) is 2. The largest absolute Gasteiger partial charge is 0.494 e. The van der Waals surface area contributed by atoms with E-state index in [9.17, 15) is 9.59 Å². The fourth-order valence-corrected chi connectivity index (χ4v) is 3.37. The molecule has 1 aliphatic rings. The highest BCUT2D eigenvalue weighted by atomic mass is 16.5. The molecule has 0 saturated heterocycles. The van der Waals surface area contributed by atoms with E-state index in [1.54, 1.807) is 7.11 Å². The number of allylic oxidation sites excluding steroid dienone is 1. The van der Waals surface area contributed by atoms with Crippen LogP contribution in [0.5, 0.6) is 5.75 Å². The molecule has 3 heterocycles. The molecule has 2 aromatic heterocycles. The molecule has 1 aliphatic heterocycles. The molecule has 0 spiro atoms. The van der Waals surface area contributed by atoms with E-state index in [0.717, 1.165) is 33.9 Å². The van der Waals surface area contributed by atoms with Gasteiger partial charge in [0.15, 0.2) is 0 Å². The smallest absolute Gasteiger partial charge is 0.310 e. The Bertz CT molecular complexity index is 1030. The molecule has 0 bridgehead atoms. The van der Waals surface area contributed by atoms with Crippen LogP contribution in [0, 0.1) is 0 Å². The fraction of sp³-hybridized carbons (Fsp3) is 0.318. The minimum Gasteiger partial charge on any atom is -0.494 e. The molecule has 0 unspecified atom stereocenters. The van der Waals surface area contributed by atoms with Crippen LogP contribution in [0.3, 0.4) is 0 Å². The second-order valence-corrected chi connectivity index (χ2v) is 6.76. The van der Waals surface area contributed by atoms with Crippen molar-refractivity contribution in [3.05, 3.63) is 46.9 Å². The predicted molar refractivity (Wildman–Crippen MR) is 113 cm³/mol. The maximum atomic E-state index is 11.9. The fourth-order valence-electron chi connectivity index (χ4n) is 3.37. The maximum Gasteiger partial charge on any atom is 0.310 e. The zero-order chi connectivity index (χ0) is 21.7. The first-order valence-electron chi connectivity index (χ1n) is 9.51. The number of aliphatic imine (C=N–C) groups is 1. The lowest BCUT2D eigenvalue weighted by Gasteiger charge is -2.08. The highest BCUT2D eigenvalue weighted by molar-refractivity contribution is 6.06. The van der Waals surface area contributed by atoms with Crippen molar-refractivity contribution in [2.75, 3.05) is 21.3 Å². The minimum absolute atomic E-state index is 0.0925. The van der Waals surface area contributed by atoms with Gasteiger partial charge in [-0.2, -0.15) is 0 Å². The summed E-state index contributed by atoms with van der Waals surface area (Å²) in [7, 11) is 4.30. The van der Waals surface area contributed by atoms with Gasteiger partial charge in [-0.25, -0.2) is 0 Å². The molecule has 0 fully saturated rings. The Hall–Kier alpha value is -3.55. The number of nitrogens with zero attached hydrogens (tertiary/aromatic N) is 1. The number of hydrogen-bond acceptors (Lipinski definition) is 6. The number of nitrogens with one attached hydrogen (secondary N) is 2. The van der Waals surface area contributed by atoms with E-state index in [0.29, 0.717) is 17.9 Å². The summed E-state index contributed by atoms with van der Waals surface area (Å²) in [5, 5.41) is 0. The normalized spacial score (nSPS) is 14.8. The Labute approximate surface area is 174 Å². The van der Waals surface area contributed by atoms with Crippen molar-refractivity contribution in [1.29, 1.82) is 0 Å². The average molecular weight is 411 g/mol. The third-order valence-electron chi connectivity index (χ3n) is 4.95. The van der Waals surface area contributed by atoms with Crippen LogP contribution < -0.4 is 4.74 Å². The Kier molecular flexibility index (Phi) is 6.56. The summed E-state index contributed by atoms with van der Waals surface area (Å²) in [6.07, 6.45) is 4.39. The van der Waals surface area contributed by atoms with Crippen molar-refractivity contribution in [3.63, 3.8) is 0 Å².